The number of hydrogen-bond acceptors (Lipinski definition) is 8. The summed E-state index contributed by atoms with van der Waals surface area (Å²) in [7, 11) is 0. The second kappa shape index (κ2) is 12.7. The van der Waals surface area contributed by atoms with Crippen LogP contribution in [-0.2, 0) is 0 Å². The first-order chi connectivity index (χ1) is 20.8. The lowest BCUT2D eigenvalue weighted by Gasteiger charge is -2.35. The molecule has 14 heteroatoms. The van der Waals surface area contributed by atoms with Gasteiger partial charge in [-0.15, -0.1) is 0 Å². The van der Waals surface area contributed by atoms with E-state index in [0.29, 0.717) is 62.0 Å². The van der Waals surface area contributed by atoms with Gasteiger partial charge in [0.15, 0.2) is 29.6 Å². The SMILES string of the molecule is Cc1cc(Nc2nccn3c(-c4ccc(OCC#N)c(F)c4F)cnc23)ccc1C(=O)N1CCN(C(=O)NCCN)CC1. The Morgan fingerprint density at radius 3 is 2.58 bits per heavy atom. The summed E-state index contributed by atoms with van der Waals surface area (Å²) in [4.78, 5) is 37.5. The highest BCUT2D eigenvalue weighted by molar-refractivity contribution is 5.96. The first kappa shape index (κ1) is 29.2. The summed E-state index contributed by atoms with van der Waals surface area (Å²) in [6.07, 6.45) is 4.49. The topological polar surface area (TPSA) is 154 Å². The molecule has 0 atom stereocenters. The highest BCUT2D eigenvalue weighted by atomic mass is 19.2. The minimum absolute atomic E-state index is 0.0396. The molecule has 3 heterocycles. The Morgan fingerprint density at radius 1 is 1.09 bits per heavy atom. The van der Waals surface area contributed by atoms with Gasteiger partial charge in [0.2, 0.25) is 5.82 Å². The van der Waals surface area contributed by atoms with Crippen molar-refractivity contribution in [2.45, 2.75) is 6.92 Å². The Kier molecular flexibility index (Phi) is 8.63. The number of piperazine rings is 1. The van der Waals surface area contributed by atoms with Gasteiger partial charge >= 0.3 is 6.03 Å². The van der Waals surface area contributed by atoms with E-state index >= 15 is 0 Å². The summed E-state index contributed by atoms with van der Waals surface area (Å²) < 4.78 is 36.0. The highest BCUT2D eigenvalue weighted by Crippen LogP contribution is 2.32. The lowest BCUT2D eigenvalue weighted by Crippen LogP contribution is -2.53. The number of fused-ring (bicyclic) bond motifs is 1. The number of halogens is 2. The maximum absolute atomic E-state index is 14.9. The molecule has 2 aromatic carbocycles. The van der Waals surface area contributed by atoms with Crippen LogP contribution in [-0.4, -0.2) is 82.0 Å². The zero-order valence-electron chi connectivity index (χ0n) is 23.3. The van der Waals surface area contributed by atoms with Crippen molar-refractivity contribution in [3.8, 4) is 23.1 Å². The standard InChI is InChI=1S/C29H29F2N9O3/c1-18-16-19(2-3-20(18)28(41)38-11-13-39(14-12-38)29(42)35-8-6-32)37-26-27-36-17-22(40(27)10-9-34-26)21-4-5-23(43-15-7-33)25(31)24(21)30/h2-5,9-10,16-17H,6,8,11-15,32H2,1H3,(H,34,37)(H,35,42). The van der Waals surface area contributed by atoms with E-state index in [4.69, 9.17) is 15.7 Å². The first-order valence-corrected chi connectivity index (χ1v) is 13.5. The minimum Gasteiger partial charge on any atom is -0.476 e. The average Bonchev–Trinajstić information content (AvgIpc) is 3.45. The molecule has 0 aliphatic carbocycles. The van der Waals surface area contributed by atoms with Crippen molar-refractivity contribution < 1.29 is 23.1 Å². The molecular weight excluding hydrogens is 560 g/mol. The summed E-state index contributed by atoms with van der Waals surface area (Å²) in [5.41, 5.74) is 7.99. The van der Waals surface area contributed by atoms with Crippen molar-refractivity contribution in [2.75, 3.05) is 51.2 Å². The van der Waals surface area contributed by atoms with E-state index < -0.39 is 18.2 Å². The van der Waals surface area contributed by atoms with Crippen LogP contribution in [0.5, 0.6) is 5.75 Å². The maximum atomic E-state index is 14.9. The number of aromatic nitrogens is 3. The van der Waals surface area contributed by atoms with Gasteiger partial charge in [-0.1, -0.05) is 0 Å². The average molecular weight is 590 g/mol. The molecule has 0 bridgehead atoms. The lowest BCUT2D eigenvalue weighted by atomic mass is 10.1. The second-order valence-electron chi connectivity index (χ2n) is 9.75. The van der Waals surface area contributed by atoms with E-state index in [9.17, 15) is 18.4 Å². The van der Waals surface area contributed by atoms with Gasteiger partial charge in [0.1, 0.15) is 6.07 Å². The molecule has 1 aliphatic heterocycles. The van der Waals surface area contributed by atoms with Crippen LogP contribution in [0.25, 0.3) is 16.9 Å². The van der Waals surface area contributed by atoms with Gasteiger partial charge in [-0.25, -0.2) is 19.2 Å². The van der Waals surface area contributed by atoms with Crippen LogP contribution in [0.2, 0.25) is 0 Å². The largest absolute Gasteiger partial charge is 0.476 e. The molecule has 0 spiro atoms. The van der Waals surface area contributed by atoms with E-state index in [-0.39, 0.29) is 28.9 Å². The number of urea groups is 1. The molecule has 1 aliphatic rings. The van der Waals surface area contributed by atoms with E-state index in [1.807, 2.05) is 13.0 Å². The van der Waals surface area contributed by atoms with Crippen molar-refractivity contribution in [1.82, 2.24) is 29.5 Å². The zero-order chi connectivity index (χ0) is 30.5. The molecule has 4 aromatic rings. The predicted octanol–water partition coefficient (Wildman–Crippen LogP) is 3.06. The van der Waals surface area contributed by atoms with Crippen molar-refractivity contribution in [3.05, 3.63) is 71.7 Å². The first-order valence-electron chi connectivity index (χ1n) is 13.5. The Bertz CT molecular complexity index is 1710. The molecule has 12 nitrogen and oxygen atoms in total. The number of carbonyl (C=O) groups excluding carboxylic acids is 2. The van der Waals surface area contributed by atoms with Crippen LogP contribution in [0.4, 0.5) is 25.1 Å². The third kappa shape index (κ3) is 6.02. The van der Waals surface area contributed by atoms with E-state index in [1.165, 1.54) is 24.5 Å². The quantitative estimate of drug-likeness (QED) is 0.283. The molecule has 1 saturated heterocycles. The molecule has 2 aromatic heterocycles. The molecule has 1 fully saturated rings. The minimum atomic E-state index is -1.20. The number of aryl methyl sites for hydroxylation is 1. The van der Waals surface area contributed by atoms with Gasteiger partial charge in [0.25, 0.3) is 5.91 Å². The number of nitrogens with zero attached hydrogens (tertiary/aromatic N) is 6. The van der Waals surface area contributed by atoms with Crippen molar-refractivity contribution in [1.29, 1.82) is 5.26 Å². The van der Waals surface area contributed by atoms with Crippen LogP contribution in [0.3, 0.4) is 0 Å². The number of anilines is 2. The summed E-state index contributed by atoms with van der Waals surface area (Å²) in [5.74, 6) is -2.44. The van der Waals surface area contributed by atoms with Crippen LogP contribution in [0, 0.1) is 29.9 Å². The summed E-state index contributed by atoms with van der Waals surface area (Å²) in [5, 5.41) is 14.6. The summed E-state index contributed by atoms with van der Waals surface area (Å²) in [6.45, 7) is 3.88. The van der Waals surface area contributed by atoms with Crippen LogP contribution < -0.4 is 21.1 Å². The second-order valence-corrected chi connectivity index (χ2v) is 9.75. The van der Waals surface area contributed by atoms with Crippen LogP contribution >= 0.6 is 0 Å². The molecule has 4 N–H and O–H groups in total. The third-order valence-corrected chi connectivity index (χ3v) is 7.04. The van der Waals surface area contributed by atoms with Gasteiger partial charge in [-0.3, -0.25) is 9.20 Å². The fraction of sp³-hybridized carbons (Fsp3) is 0.276. The molecule has 0 saturated carbocycles. The van der Waals surface area contributed by atoms with E-state index in [0.717, 1.165) is 5.56 Å². The molecule has 43 heavy (non-hydrogen) atoms. The van der Waals surface area contributed by atoms with Crippen molar-refractivity contribution >= 4 is 29.1 Å². The third-order valence-electron chi connectivity index (χ3n) is 7.04. The van der Waals surface area contributed by atoms with Crippen LogP contribution in [0.15, 0.2) is 48.9 Å². The zero-order valence-corrected chi connectivity index (χ0v) is 23.3. The summed E-state index contributed by atoms with van der Waals surface area (Å²) >= 11 is 0. The van der Waals surface area contributed by atoms with Gasteiger partial charge < -0.3 is 30.9 Å². The maximum Gasteiger partial charge on any atom is 0.317 e. The number of carbonyl (C=O) groups is 2. The molecule has 3 amide bonds. The van der Waals surface area contributed by atoms with Gasteiger partial charge in [-0.2, -0.15) is 9.65 Å². The normalized spacial score (nSPS) is 13.1. The molecule has 5 rings (SSSR count). The van der Waals surface area contributed by atoms with Crippen molar-refractivity contribution in [2.24, 2.45) is 5.73 Å². The van der Waals surface area contributed by atoms with Gasteiger partial charge in [-0.05, 0) is 42.8 Å². The Labute approximate surface area is 245 Å². The number of nitrogens with one attached hydrogen (secondary N) is 2. The molecule has 0 radical (unpaired) electrons. The Morgan fingerprint density at radius 2 is 1.86 bits per heavy atom. The number of benzene rings is 2. The number of nitriles is 1. The van der Waals surface area contributed by atoms with Gasteiger partial charge in [0, 0.05) is 68.5 Å². The van der Waals surface area contributed by atoms with Crippen molar-refractivity contribution in [3.63, 3.8) is 0 Å². The van der Waals surface area contributed by atoms with Crippen LogP contribution in [0.1, 0.15) is 15.9 Å². The molecule has 222 valence electrons. The Balaban J connectivity index is 1.31. The lowest BCUT2D eigenvalue weighted by molar-refractivity contribution is 0.0664. The number of nitrogens with two attached hydrogens (primary N) is 1. The van der Waals surface area contributed by atoms with E-state index in [2.05, 4.69) is 20.6 Å². The number of imidazole rings is 1. The number of rotatable bonds is 8. The summed E-state index contributed by atoms with van der Waals surface area (Å²) in [6, 6.07) is 9.44. The van der Waals surface area contributed by atoms with E-state index in [1.54, 1.807) is 38.6 Å². The number of amides is 3. The monoisotopic (exact) mass is 589 g/mol. The van der Waals surface area contributed by atoms with Gasteiger partial charge in [0.05, 0.1) is 11.9 Å². The highest BCUT2D eigenvalue weighted by Gasteiger charge is 2.26. The fourth-order valence-corrected chi connectivity index (χ4v) is 4.85. The Hall–Kier alpha value is -5.29. The number of hydrogen-bond donors (Lipinski definition) is 3. The predicted molar refractivity (Wildman–Crippen MR) is 154 cm³/mol. The fourth-order valence-electron chi connectivity index (χ4n) is 4.85. The molecular formula is C29H29F2N9O3. The number of ether oxygens (including phenoxy) is 1. The smallest absolute Gasteiger partial charge is 0.317 e. The molecule has 0 unspecified atom stereocenters.